The average Bonchev–Trinajstić information content (AvgIpc) is 3.29. The third-order valence-corrected chi connectivity index (χ3v) is 4.86. The van der Waals surface area contributed by atoms with Crippen molar-refractivity contribution >= 4 is 23.6 Å². The lowest BCUT2D eigenvalue weighted by Gasteiger charge is -2.29. The van der Waals surface area contributed by atoms with Crippen LogP contribution in [-0.4, -0.2) is 34.6 Å². The topological polar surface area (TPSA) is 109 Å². The van der Waals surface area contributed by atoms with E-state index in [1.165, 1.54) is 11.2 Å². The van der Waals surface area contributed by atoms with Gasteiger partial charge in [0.1, 0.15) is 6.04 Å². The van der Waals surface area contributed by atoms with Crippen LogP contribution in [0.5, 0.6) is 0 Å². The van der Waals surface area contributed by atoms with E-state index >= 15 is 0 Å². The van der Waals surface area contributed by atoms with E-state index in [0.717, 1.165) is 11.1 Å². The van der Waals surface area contributed by atoms with E-state index in [2.05, 4.69) is 10.6 Å². The zero-order chi connectivity index (χ0) is 19.0. The molecule has 138 valence electrons. The fourth-order valence-electron chi connectivity index (χ4n) is 3.49. The van der Waals surface area contributed by atoms with Gasteiger partial charge in [0.25, 0.3) is 11.8 Å². The van der Waals surface area contributed by atoms with Crippen LogP contribution in [-0.2, 0) is 22.7 Å². The monoisotopic (exact) mass is 367 g/mol. The molecule has 2 aliphatic heterocycles. The van der Waals surface area contributed by atoms with Crippen molar-refractivity contribution in [1.82, 2.24) is 15.5 Å². The van der Waals surface area contributed by atoms with E-state index in [0.29, 0.717) is 12.0 Å². The molecule has 0 aliphatic carbocycles. The molecule has 0 radical (unpaired) electrons. The molecule has 1 unspecified atom stereocenters. The Balaban J connectivity index is 1.51. The van der Waals surface area contributed by atoms with Crippen LogP contribution in [0.25, 0.3) is 0 Å². The van der Waals surface area contributed by atoms with E-state index in [1.807, 2.05) is 6.07 Å². The van der Waals surface area contributed by atoms with Crippen LogP contribution < -0.4 is 10.6 Å². The van der Waals surface area contributed by atoms with Crippen LogP contribution in [0.3, 0.4) is 0 Å². The van der Waals surface area contributed by atoms with Crippen molar-refractivity contribution in [2.75, 3.05) is 0 Å². The number of piperidine rings is 1. The summed E-state index contributed by atoms with van der Waals surface area (Å²) in [5.74, 6) is -1.13. The number of imide groups is 1. The molecular weight excluding hydrogens is 350 g/mol. The van der Waals surface area contributed by atoms with Crippen LogP contribution in [0.2, 0.25) is 0 Å². The molecule has 4 rings (SSSR count). The van der Waals surface area contributed by atoms with Crippen molar-refractivity contribution in [2.24, 2.45) is 0 Å². The Bertz CT molecular complexity index is 935. The molecule has 8 nitrogen and oxygen atoms in total. The first-order chi connectivity index (χ1) is 13.0. The van der Waals surface area contributed by atoms with Crippen LogP contribution in [0, 0.1) is 0 Å². The number of fused-ring (bicyclic) bond motifs is 1. The summed E-state index contributed by atoms with van der Waals surface area (Å²) >= 11 is 0. The van der Waals surface area contributed by atoms with Gasteiger partial charge in [0.05, 0.1) is 6.26 Å². The first-order valence-electron chi connectivity index (χ1n) is 8.61. The van der Waals surface area contributed by atoms with Gasteiger partial charge in [-0.3, -0.25) is 24.5 Å². The highest BCUT2D eigenvalue weighted by Crippen LogP contribution is 2.29. The quantitative estimate of drug-likeness (QED) is 0.783. The van der Waals surface area contributed by atoms with Gasteiger partial charge >= 0.3 is 0 Å². The molecule has 8 heteroatoms. The highest BCUT2D eigenvalue weighted by Gasteiger charge is 2.39. The summed E-state index contributed by atoms with van der Waals surface area (Å²) < 4.78 is 5.06. The number of benzene rings is 1. The SMILES string of the molecule is O=C1CCC(N2Cc3c(CNC(=O)c4ccco4)cccc3C2=O)C(=O)N1. The minimum atomic E-state index is -0.659. The molecule has 3 heterocycles. The van der Waals surface area contributed by atoms with Crippen LogP contribution in [0.15, 0.2) is 41.0 Å². The fourth-order valence-corrected chi connectivity index (χ4v) is 3.49. The van der Waals surface area contributed by atoms with E-state index in [1.54, 1.807) is 24.3 Å². The Morgan fingerprint density at radius 3 is 2.81 bits per heavy atom. The molecule has 1 atom stereocenters. The Kier molecular flexibility index (Phi) is 4.23. The first kappa shape index (κ1) is 17.0. The summed E-state index contributed by atoms with van der Waals surface area (Å²) in [5, 5.41) is 5.05. The van der Waals surface area contributed by atoms with E-state index in [-0.39, 0.29) is 43.0 Å². The molecule has 0 bridgehead atoms. The molecule has 1 aromatic heterocycles. The van der Waals surface area contributed by atoms with Gasteiger partial charge in [-0.05, 0) is 35.7 Å². The maximum absolute atomic E-state index is 12.8. The van der Waals surface area contributed by atoms with Crippen molar-refractivity contribution in [3.05, 3.63) is 59.0 Å². The molecule has 0 saturated carbocycles. The maximum Gasteiger partial charge on any atom is 0.287 e. The Morgan fingerprint density at radius 1 is 1.22 bits per heavy atom. The number of carbonyl (C=O) groups excluding carboxylic acids is 4. The summed E-state index contributed by atoms with van der Waals surface area (Å²) in [4.78, 5) is 49.8. The minimum Gasteiger partial charge on any atom is -0.459 e. The molecule has 0 spiro atoms. The smallest absolute Gasteiger partial charge is 0.287 e. The predicted octanol–water partition coefficient (Wildman–Crippen LogP) is 0.971. The molecule has 1 fully saturated rings. The third kappa shape index (κ3) is 3.10. The Hall–Kier alpha value is -3.42. The lowest BCUT2D eigenvalue weighted by atomic mass is 10.0. The second-order valence-electron chi connectivity index (χ2n) is 6.50. The Morgan fingerprint density at radius 2 is 2.07 bits per heavy atom. The highest BCUT2D eigenvalue weighted by molar-refractivity contribution is 6.05. The number of hydrogen-bond acceptors (Lipinski definition) is 5. The molecule has 1 aromatic carbocycles. The molecule has 2 aromatic rings. The average molecular weight is 367 g/mol. The predicted molar refractivity (Wildman–Crippen MR) is 92.4 cm³/mol. The zero-order valence-electron chi connectivity index (χ0n) is 14.4. The van der Waals surface area contributed by atoms with Crippen LogP contribution in [0.1, 0.15) is 44.9 Å². The lowest BCUT2D eigenvalue weighted by Crippen LogP contribution is -2.52. The molecule has 2 aliphatic rings. The second-order valence-corrected chi connectivity index (χ2v) is 6.50. The summed E-state index contributed by atoms with van der Waals surface area (Å²) in [7, 11) is 0. The number of carbonyl (C=O) groups is 4. The molecule has 27 heavy (non-hydrogen) atoms. The van der Waals surface area contributed by atoms with Crippen molar-refractivity contribution < 1.29 is 23.6 Å². The van der Waals surface area contributed by atoms with Gasteiger partial charge in [-0.25, -0.2) is 0 Å². The summed E-state index contributed by atoms with van der Waals surface area (Å²) in [6, 6.07) is 7.83. The summed E-state index contributed by atoms with van der Waals surface area (Å²) in [5.41, 5.74) is 2.10. The molecule has 4 amide bonds. The summed E-state index contributed by atoms with van der Waals surface area (Å²) in [6.07, 6.45) is 1.95. The normalized spacial score (nSPS) is 19.0. The third-order valence-electron chi connectivity index (χ3n) is 4.86. The first-order valence-corrected chi connectivity index (χ1v) is 8.61. The minimum absolute atomic E-state index is 0.211. The maximum atomic E-state index is 12.8. The molecule has 2 N–H and O–H groups in total. The largest absolute Gasteiger partial charge is 0.459 e. The van der Waals surface area contributed by atoms with Gasteiger partial charge in [0, 0.05) is 25.1 Å². The van der Waals surface area contributed by atoms with Crippen LogP contribution in [0.4, 0.5) is 0 Å². The fraction of sp³-hybridized carbons (Fsp3) is 0.263. The zero-order valence-corrected chi connectivity index (χ0v) is 14.4. The van der Waals surface area contributed by atoms with Crippen molar-refractivity contribution in [2.45, 2.75) is 32.0 Å². The van der Waals surface area contributed by atoms with E-state index < -0.39 is 11.9 Å². The van der Waals surface area contributed by atoms with Crippen molar-refractivity contribution in [3.8, 4) is 0 Å². The van der Waals surface area contributed by atoms with Gasteiger partial charge in [0.15, 0.2) is 5.76 Å². The van der Waals surface area contributed by atoms with Gasteiger partial charge in [0.2, 0.25) is 11.8 Å². The Labute approximate surface area is 154 Å². The van der Waals surface area contributed by atoms with Gasteiger partial charge in [-0.15, -0.1) is 0 Å². The van der Waals surface area contributed by atoms with Crippen molar-refractivity contribution in [3.63, 3.8) is 0 Å². The molecule has 1 saturated heterocycles. The van der Waals surface area contributed by atoms with Crippen molar-refractivity contribution in [1.29, 1.82) is 0 Å². The van der Waals surface area contributed by atoms with E-state index in [4.69, 9.17) is 4.42 Å². The number of hydrogen-bond donors (Lipinski definition) is 2. The van der Waals surface area contributed by atoms with Gasteiger partial charge in [-0.2, -0.15) is 0 Å². The van der Waals surface area contributed by atoms with Crippen LogP contribution >= 0.6 is 0 Å². The number of nitrogens with zero attached hydrogens (tertiary/aromatic N) is 1. The second kappa shape index (κ2) is 6.71. The lowest BCUT2D eigenvalue weighted by molar-refractivity contribution is -0.136. The number of rotatable bonds is 4. The van der Waals surface area contributed by atoms with Gasteiger partial charge in [-0.1, -0.05) is 12.1 Å². The van der Waals surface area contributed by atoms with Gasteiger partial charge < -0.3 is 14.6 Å². The highest BCUT2D eigenvalue weighted by atomic mass is 16.3. The number of furan rings is 1. The van der Waals surface area contributed by atoms with E-state index in [9.17, 15) is 19.2 Å². The number of nitrogens with one attached hydrogen (secondary N) is 2. The number of amides is 4. The molecular formula is C19H17N3O5. The standard InChI is InChI=1S/C19H17N3O5/c23-16-7-6-14(17(24)21-16)22-10-13-11(3-1-4-12(13)19(22)26)9-20-18(25)15-5-2-8-27-15/h1-5,8,14H,6-7,9-10H2,(H,20,25)(H,21,23,24). The summed E-state index contributed by atoms with van der Waals surface area (Å²) in [6.45, 7) is 0.506.